The van der Waals surface area contributed by atoms with E-state index in [4.69, 9.17) is 4.74 Å². The molecule has 1 aromatic rings. The third-order valence-electron chi connectivity index (χ3n) is 5.18. The van der Waals surface area contributed by atoms with E-state index in [1.165, 1.54) is 12.0 Å². The summed E-state index contributed by atoms with van der Waals surface area (Å²) < 4.78 is 5.40. The summed E-state index contributed by atoms with van der Waals surface area (Å²) in [7, 11) is 0. The Bertz CT molecular complexity index is 617. The van der Waals surface area contributed by atoms with Crippen molar-refractivity contribution < 1.29 is 14.3 Å². The number of esters is 1. The Labute approximate surface area is 148 Å². The molecule has 4 atom stereocenters. The first kappa shape index (κ1) is 17.9. The molecule has 0 spiro atoms. The number of hydrogen-bond donors (Lipinski definition) is 3. The van der Waals surface area contributed by atoms with Crippen molar-refractivity contribution in [3.63, 3.8) is 0 Å². The number of rotatable bonds is 5. The highest BCUT2D eigenvalue weighted by Crippen LogP contribution is 2.30. The van der Waals surface area contributed by atoms with E-state index in [2.05, 4.69) is 16.2 Å². The van der Waals surface area contributed by atoms with Crippen LogP contribution >= 0.6 is 0 Å². The highest BCUT2D eigenvalue weighted by Gasteiger charge is 2.42. The van der Waals surface area contributed by atoms with E-state index in [0.29, 0.717) is 12.6 Å². The molecule has 136 valence electrons. The van der Waals surface area contributed by atoms with Gasteiger partial charge >= 0.3 is 5.97 Å². The zero-order chi connectivity index (χ0) is 17.8. The standard InChI is InChI=1S/C19H27N3O3/c1-12-7-9-14(10-8-12)11-20-18(23)13(2)25-19(24)17-15-5-3-4-6-16(15)21-22-17/h7-10,13,15-17,21-22H,3-6,11H2,1-2H3,(H,20,23). The van der Waals surface area contributed by atoms with Gasteiger partial charge < -0.3 is 10.1 Å². The van der Waals surface area contributed by atoms with Crippen molar-refractivity contribution in [2.24, 2.45) is 5.92 Å². The van der Waals surface area contributed by atoms with E-state index >= 15 is 0 Å². The van der Waals surface area contributed by atoms with Crippen LogP contribution in [0.5, 0.6) is 0 Å². The van der Waals surface area contributed by atoms with Crippen LogP contribution in [0, 0.1) is 12.8 Å². The number of carbonyl (C=O) groups excluding carboxylic acids is 2. The van der Waals surface area contributed by atoms with Gasteiger partial charge in [0.05, 0.1) is 0 Å². The highest BCUT2D eigenvalue weighted by atomic mass is 16.5. The van der Waals surface area contributed by atoms with Crippen LogP contribution in [-0.2, 0) is 20.9 Å². The van der Waals surface area contributed by atoms with Gasteiger partial charge in [0.1, 0.15) is 6.04 Å². The van der Waals surface area contributed by atoms with Gasteiger partial charge in [-0.2, -0.15) is 0 Å². The summed E-state index contributed by atoms with van der Waals surface area (Å²) in [6, 6.07) is 7.93. The molecule has 3 N–H and O–H groups in total. The quantitative estimate of drug-likeness (QED) is 0.706. The normalized spacial score (nSPS) is 26.6. The highest BCUT2D eigenvalue weighted by molar-refractivity contribution is 5.85. The molecule has 2 fully saturated rings. The molecule has 1 aliphatic heterocycles. The topological polar surface area (TPSA) is 79.5 Å². The molecular weight excluding hydrogens is 318 g/mol. The first-order chi connectivity index (χ1) is 12.0. The molecule has 1 saturated carbocycles. The molecular formula is C19H27N3O3. The minimum absolute atomic E-state index is 0.254. The van der Waals surface area contributed by atoms with E-state index in [1.807, 2.05) is 31.2 Å². The van der Waals surface area contributed by atoms with Gasteiger partial charge in [0.25, 0.3) is 5.91 Å². The average Bonchev–Trinajstić information content (AvgIpc) is 3.05. The van der Waals surface area contributed by atoms with Crippen LogP contribution < -0.4 is 16.2 Å². The van der Waals surface area contributed by atoms with Crippen LogP contribution in [0.4, 0.5) is 0 Å². The number of carbonyl (C=O) groups is 2. The van der Waals surface area contributed by atoms with Gasteiger partial charge in [0.2, 0.25) is 0 Å². The summed E-state index contributed by atoms with van der Waals surface area (Å²) in [6.07, 6.45) is 3.62. The maximum Gasteiger partial charge on any atom is 0.325 e. The second kappa shape index (κ2) is 7.97. The minimum Gasteiger partial charge on any atom is -0.451 e. The second-order valence-corrected chi connectivity index (χ2v) is 7.10. The Balaban J connectivity index is 1.47. The molecule has 3 rings (SSSR count). The second-order valence-electron chi connectivity index (χ2n) is 7.10. The molecule has 1 heterocycles. The average molecular weight is 345 g/mol. The van der Waals surface area contributed by atoms with E-state index in [0.717, 1.165) is 24.8 Å². The number of fused-ring (bicyclic) bond motifs is 1. The molecule has 1 saturated heterocycles. The number of nitrogens with one attached hydrogen (secondary N) is 3. The summed E-state index contributed by atoms with van der Waals surface area (Å²) in [5, 5.41) is 2.82. The molecule has 6 nitrogen and oxygen atoms in total. The van der Waals surface area contributed by atoms with Crippen LogP contribution in [0.2, 0.25) is 0 Å². The maximum atomic E-state index is 12.4. The summed E-state index contributed by atoms with van der Waals surface area (Å²) in [4.78, 5) is 24.6. The monoisotopic (exact) mass is 345 g/mol. The van der Waals surface area contributed by atoms with Crippen LogP contribution in [0.3, 0.4) is 0 Å². The number of hydrazine groups is 1. The molecule has 6 heteroatoms. The summed E-state index contributed by atoms with van der Waals surface area (Å²) in [5.41, 5.74) is 8.44. The zero-order valence-corrected chi connectivity index (χ0v) is 14.9. The van der Waals surface area contributed by atoms with Crippen molar-refractivity contribution in [2.75, 3.05) is 0 Å². The molecule has 0 radical (unpaired) electrons. The lowest BCUT2D eigenvalue weighted by Crippen LogP contribution is -2.44. The van der Waals surface area contributed by atoms with Gasteiger partial charge in [0, 0.05) is 18.5 Å². The van der Waals surface area contributed by atoms with Crippen molar-refractivity contribution in [1.82, 2.24) is 16.2 Å². The van der Waals surface area contributed by atoms with Gasteiger partial charge in [-0.1, -0.05) is 42.7 Å². The molecule has 2 aliphatic rings. The predicted octanol–water partition coefficient (Wildman–Crippen LogP) is 1.58. The van der Waals surface area contributed by atoms with Crippen LogP contribution in [0.1, 0.15) is 43.7 Å². The molecule has 0 aromatic heterocycles. The lowest BCUT2D eigenvalue weighted by Gasteiger charge is -2.26. The number of hydrogen-bond acceptors (Lipinski definition) is 5. The molecule has 1 aliphatic carbocycles. The first-order valence-electron chi connectivity index (χ1n) is 9.09. The fourth-order valence-electron chi connectivity index (χ4n) is 3.62. The lowest BCUT2D eigenvalue weighted by atomic mass is 9.82. The van der Waals surface area contributed by atoms with Crippen molar-refractivity contribution in [2.45, 2.75) is 64.3 Å². The third-order valence-corrected chi connectivity index (χ3v) is 5.18. The van der Waals surface area contributed by atoms with E-state index < -0.39 is 6.10 Å². The third kappa shape index (κ3) is 4.38. The van der Waals surface area contributed by atoms with Gasteiger partial charge in [-0.25, -0.2) is 5.43 Å². The fourth-order valence-corrected chi connectivity index (χ4v) is 3.62. The molecule has 0 bridgehead atoms. The van der Waals surface area contributed by atoms with E-state index in [-0.39, 0.29) is 23.8 Å². The Morgan fingerprint density at radius 1 is 1.20 bits per heavy atom. The van der Waals surface area contributed by atoms with E-state index in [1.54, 1.807) is 6.92 Å². The fraction of sp³-hybridized carbons (Fsp3) is 0.579. The Kier molecular flexibility index (Phi) is 5.71. The summed E-state index contributed by atoms with van der Waals surface area (Å²) in [5.74, 6) is -0.371. The molecule has 25 heavy (non-hydrogen) atoms. The van der Waals surface area contributed by atoms with Crippen molar-refractivity contribution in [3.05, 3.63) is 35.4 Å². The number of aryl methyl sites for hydroxylation is 1. The summed E-state index contributed by atoms with van der Waals surface area (Å²) >= 11 is 0. The lowest BCUT2D eigenvalue weighted by molar-refractivity contribution is -0.157. The first-order valence-corrected chi connectivity index (χ1v) is 9.09. The van der Waals surface area contributed by atoms with Crippen LogP contribution in [0.25, 0.3) is 0 Å². The van der Waals surface area contributed by atoms with Crippen molar-refractivity contribution >= 4 is 11.9 Å². The number of benzene rings is 1. The van der Waals surface area contributed by atoms with Crippen LogP contribution in [0.15, 0.2) is 24.3 Å². The summed E-state index contributed by atoms with van der Waals surface area (Å²) in [6.45, 7) is 4.06. The number of ether oxygens (including phenoxy) is 1. The van der Waals surface area contributed by atoms with E-state index in [9.17, 15) is 9.59 Å². The Morgan fingerprint density at radius 2 is 1.92 bits per heavy atom. The smallest absolute Gasteiger partial charge is 0.325 e. The zero-order valence-electron chi connectivity index (χ0n) is 14.9. The molecule has 4 unspecified atom stereocenters. The largest absolute Gasteiger partial charge is 0.451 e. The van der Waals surface area contributed by atoms with Gasteiger partial charge in [-0.3, -0.25) is 15.0 Å². The molecule has 1 aromatic carbocycles. The number of amides is 1. The van der Waals surface area contributed by atoms with Gasteiger partial charge in [-0.05, 0) is 32.3 Å². The minimum atomic E-state index is -0.803. The van der Waals surface area contributed by atoms with Gasteiger partial charge in [-0.15, -0.1) is 0 Å². The van der Waals surface area contributed by atoms with Gasteiger partial charge in [0.15, 0.2) is 6.10 Å². The SMILES string of the molecule is Cc1ccc(CNC(=O)C(C)OC(=O)C2NNC3CCCCC32)cc1. The Morgan fingerprint density at radius 3 is 2.68 bits per heavy atom. The molecule has 1 amide bonds. The van der Waals surface area contributed by atoms with Crippen molar-refractivity contribution in [3.8, 4) is 0 Å². The maximum absolute atomic E-state index is 12.4. The van der Waals surface area contributed by atoms with Crippen molar-refractivity contribution in [1.29, 1.82) is 0 Å². The Hall–Kier alpha value is -1.92. The van der Waals surface area contributed by atoms with Crippen LogP contribution in [-0.4, -0.2) is 30.1 Å². The predicted molar refractivity (Wildman–Crippen MR) is 94.4 cm³/mol.